The standard InChI is InChI=1S/C12H24N2O/c1-2-15-9-11-8-14(7-6-13)10-12(11)4-3-5-12/h11H,2-10,13H2,1H3. The van der Waals surface area contributed by atoms with Crippen molar-refractivity contribution in [3.8, 4) is 0 Å². The van der Waals surface area contributed by atoms with Crippen LogP contribution in [0.3, 0.4) is 0 Å². The summed E-state index contributed by atoms with van der Waals surface area (Å²) >= 11 is 0. The fourth-order valence-electron chi connectivity index (χ4n) is 3.18. The monoisotopic (exact) mass is 212 g/mol. The van der Waals surface area contributed by atoms with Gasteiger partial charge in [0, 0.05) is 38.7 Å². The average Bonchev–Trinajstić information content (AvgIpc) is 2.54. The van der Waals surface area contributed by atoms with E-state index in [1.807, 2.05) is 0 Å². The van der Waals surface area contributed by atoms with Crippen LogP contribution in [-0.4, -0.2) is 44.3 Å². The van der Waals surface area contributed by atoms with E-state index in [2.05, 4.69) is 11.8 Å². The molecule has 3 nitrogen and oxygen atoms in total. The van der Waals surface area contributed by atoms with Gasteiger partial charge in [-0.15, -0.1) is 0 Å². The van der Waals surface area contributed by atoms with Crippen LogP contribution in [0.1, 0.15) is 26.2 Å². The Morgan fingerprint density at radius 3 is 2.80 bits per heavy atom. The van der Waals surface area contributed by atoms with E-state index in [0.29, 0.717) is 5.41 Å². The Morgan fingerprint density at radius 1 is 1.47 bits per heavy atom. The number of hydrogen-bond donors (Lipinski definition) is 1. The number of ether oxygens (including phenoxy) is 1. The molecule has 0 aromatic heterocycles. The highest BCUT2D eigenvalue weighted by Gasteiger charge is 2.49. The Labute approximate surface area is 93.0 Å². The first-order valence-corrected chi connectivity index (χ1v) is 6.31. The van der Waals surface area contributed by atoms with Crippen LogP contribution in [0.25, 0.3) is 0 Å². The third kappa shape index (κ3) is 2.19. The van der Waals surface area contributed by atoms with E-state index in [1.54, 1.807) is 0 Å². The summed E-state index contributed by atoms with van der Waals surface area (Å²) in [4.78, 5) is 2.53. The Kier molecular flexibility index (Phi) is 3.65. The highest BCUT2D eigenvalue weighted by atomic mass is 16.5. The molecule has 1 aliphatic heterocycles. The molecular formula is C12H24N2O. The Hall–Kier alpha value is -0.120. The largest absolute Gasteiger partial charge is 0.381 e. The molecule has 1 aliphatic carbocycles. The van der Waals surface area contributed by atoms with Crippen LogP contribution in [0.4, 0.5) is 0 Å². The van der Waals surface area contributed by atoms with Crippen molar-refractivity contribution in [1.82, 2.24) is 4.90 Å². The maximum atomic E-state index is 5.63. The van der Waals surface area contributed by atoms with Crippen LogP contribution < -0.4 is 5.73 Å². The van der Waals surface area contributed by atoms with Crippen LogP contribution in [-0.2, 0) is 4.74 Å². The van der Waals surface area contributed by atoms with Gasteiger partial charge in [0.2, 0.25) is 0 Å². The molecule has 2 aliphatic rings. The van der Waals surface area contributed by atoms with Gasteiger partial charge in [0.1, 0.15) is 0 Å². The molecule has 2 N–H and O–H groups in total. The van der Waals surface area contributed by atoms with Gasteiger partial charge < -0.3 is 15.4 Å². The first-order chi connectivity index (χ1) is 7.30. The van der Waals surface area contributed by atoms with E-state index >= 15 is 0 Å². The zero-order chi connectivity index (χ0) is 10.7. The number of hydrogen-bond acceptors (Lipinski definition) is 3. The minimum absolute atomic E-state index is 0.602. The van der Waals surface area contributed by atoms with Crippen LogP contribution in [0.5, 0.6) is 0 Å². The summed E-state index contributed by atoms with van der Waals surface area (Å²) < 4.78 is 5.62. The van der Waals surface area contributed by atoms with Gasteiger partial charge in [-0.3, -0.25) is 0 Å². The SMILES string of the molecule is CCOCC1CN(CCN)CC12CCC2. The molecule has 2 rings (SSSR count). The quantitative estimate of drug-likeness (QED) is 0.741. The molecule has 1 saturated carbocycles. The van der Waals surface area contributed by atoms with Crippen molar-refractivity contribution >= 4 is 0 Å². The molecule has 0 aromatic carbocycles. The normalized spacial score (nSPS) is 29.6. The average molecular weight is 212 g/mol. The molecule has 1 unspecified atom stereocenters. The van der Waals surface area contributed by atoms with Crippen molar-refractivity contribution in [3.05, 3.63) is 0 Å². The van der Waals surface area contributed by atoms with Crippen molar-refractivity contribution in [2.24, 2.45) is 17.1 Å². The van der Waals surface area contributed by atoms with E-state index in [1.165, 1.54) is 32.4 Å². The Bertz CT molecular complexity index is 204. The Morgan fingerprint density at radius 2 is 2.27 bits per heavy atom. The lowest BCUT2D eigenvalue weighted by Crippen LogP contribution is -2.39. The van der Waals surface area contributed by atoms with Crippen LogP contribution in [0.15, 0.2) is 0 Å². The molecule has 1 spiro atoms. The van der Waals surface area contributed by atoms with Crippen molar-refractivity contribution < 1.29 is 4.74 Å². The fourth-order valence-corrected chi connectivity index (χ4v) is 3.18. The molecule has 0 amide bonds. The molecule has 0 aromatic rings. The second kappa shape index (κ2) is 4.81. The lowest BCUT2D eigenvalue weighted by atomic mass is 9.63. The van der Waals surface area contributed by atoms with Crippen LogP contribution in [0, 0.1) is 11.3 Å². The predicted octanol–water partition coefficient (Wildman–Crippen LogP) is 1.08. The number of likely N-dealkylation sites (tertiary alicyclic amines) is 1. The molecule has 1 atom stereocenters. The molecule has 3 heteroatoms. The van der Waals surface area contributed by atoms with Crippen molar-refractivity contribution in [2.75, 3.05) is 39.4 Å². The highest BCUT2D eigenvalue weighted by Crippen LogP contribution is 2.51. The molecule has 1 saturated heterocycles. The van der Waals surface area contributed by atoms with Gasteiger partial charge in [0.15, 0.2) is 0 Å². The van der Waals surface area contributed by atoms with E-state index < -0.39 is 0 Å². The zero-order valence-electron chi connectivity index (χ0n) is 9.87. The predicted molar refractivity (Wildman–Crippen MR) is 61.8 cm³/mol. The zero-order valence-corrected chi connectivity index (χ0v) is 9.87. The maximum Gasteiger partial charge on any atom is 0.0512 e. The molecule has 15 heavy (non-hydrogen) atoms. The third-order valence-electron chi connectivity index (χ3n) is 4.20. The molecule has 0 bridgehead atoms. The van der Waals surface area contributed by atoms with Gasteiger partial charge in [-0.2, -0.15) is 0 Å². The molecule has 1 heterocycles. The number of nitrogens with zero attached hydrogens (tertiary/aromatic N) is 1. The molecule has 0 radical (unpaired) electrons. The molecule has 88 valence electrons. The highest BCUT2D eigenvalue weighted by molar-refractivity contribution is 5.01. The van der Waals surface area contributed by atoms with Gasteiger partial charge in [0.25, 0.3) is 0 Å². The fraction of sp³-hybridized carbons (Fsp3) is 1.00. The molecular weight excluding hydrogens is 188 g/mol. The number of rotatable bonds is 5. The van der Waals surface area contributed by atoms with Gasteiger partial charge in [-0.25, -0.2) is 0 Å². The van der Waals surface area contributed by atoms with Crippen molar-refractivity contribution in [3.63, 3.8) is 0 Å². The lowest BCUT2D eigenvalue weighted by molar-refractivity contribution is 0.0223. The topological polar surface area (TPSA) is 38.5 Å². The second-order valence-corrected chi connectivity index (χ2v) is 5.10. The summed E-state index contributed by atoms with van der Waals surface area (Å²) in [7, 11) is 0. The number of nitrogens with two attached hydrogens (primary N) is 1. The van der Waals surface area contributed by atoms with E-state index in [0.717, 1.165) is 32.2 Å². The second-order valence-electron chi connectivity index (χ2n) is 5.10. The van der Waals surface area contributed by atoms with Crippen LogP contribution in [0.2, 0.25) is 0 Å². The van der Waals surface area contributed by atoms with E-state index in [9.17, 15) is 0 Å². The minimum atomic E-state index is 0.602. The summed E-state index contributed by atoms with van der Waals surface area (Å²) in [5, 5.41) is 0. The maximum absolute atomic E-state index is 5.63. The van der Waals surface area contributed by atoms with Gasteiger partial charge in [-0.05, 0) is 25.2 Å². The first-order valence-electron chi connectivity index (χ1n) is 6.31. The van der Waals surface area contributed by atoms with E-state index in [4.69, 9.17) is 10.5 Å². The van der Waals surface area contributed by atoms with Crippen LogP contribution >= 0.6 is 0 Å². The summed E-state index contributed by atoms with van der Waals surface area (Å²) in [6.07, 6.45) is 4.23. The summed E-state index contributed by atoms with van der Waals surface area (Å²) in [6, 6.07) is 0. The Balaban J connectivity index is 1.89. The minimum Gasteiger partial charge on any atom is -0.381 e. The van der Waals surface area contributed by atoms with Crippen molar-refractivity contribution in [1.29, 1.82) is 0 Å². The van der Waals surface area contributed by atoms with Crippen molar-refractivity contribution in [2.45, 2.75) is 26.2 Å². The van der Waals surface area contributed by atoms with Gasteiger partial charge in [-0.1, -0.05) is 6.42 Å². The summed E-state index contributed by atoms with van der Waals surface area (Å²) in [5.74, 6) is 0.762. The smallest absolute Gasteiger partial charge is 0.0512 e. The van der Waals surface area contributed by atoms with Gasteiger partial charge in [0.05, 0.1) is 6.61 Å². The third-order valence-corrected chi connectivity index (χ3v) is 4.20. The summed E-state index contributed by atoms with van der Waals surface area (Å²) in [6.45, 7) is 8.21. The van der Waals surface area contributed by atoms with Gasteiger partial charge >= 0.3 is 0 Å². The summed E-state index contributed by atoms with van der Waals surface area (Å²) in [5.41, 5.74) is 6.23. The molecule has 2 fully saturated rings. The first kappa shape index (κ1) is 11.4. The van der Waals surface area contributed by atoms with E-state index in [-0.39, 0.29) is 0 Å². The lowest BCUT2D eigenvalue weighted by Gasteiger charge is -2.43.